The highest BCUT2D eigenvalue weighted by atomic mass is 32.1. The van der Waals surface area contributed by atoms with E-state index in [1.54, 1.807) is 4.57 Å². The van der Waals surface area contributed by atoms with Crippen LogP contribution in [0.1, 0.15) is 44.9 Å². The minimum atomic E-state index is -0.667. The van der Waals surface area contributed by atoms with Crippen LogP contribution in [0.4, 0.5) is 5.69 Å². The molecule has 1 aliphatic heterocycles. The fourth-order valence-corrected chi connectivity index (χ4v) is 5.70. The van der Waals surface area contributed by atoms with Crippen LogP contribution in [-0.2, 0) is 4.79 Å². The lowest BCUT2D eigenvalue weighted by Crippen LogP contribution is -2.40. The molecule has 0 radical (unpaired) electrons. The molecule has 1 atom stereocenters. The zero-order valence-electron chi connectivity index (χ0n) is 22.9. The summed E-state index contributed by atoms with van der Waals surface area (Å²) in [6, 6.07) is 23.7. The number of rotatable bonds is 8. The number of nitrogens with zero attached hydrogens (tertiary/aromatic N) is 2. The van der Waals surface area contributed by atoms with Crippen molar-refractivity contribution >= 4 is 29.0 Å². The number of nitrogens with one attached hydrogen (secondary N) is 1. The number of carbonyl (C=O) groups is 1. The smallest absolute Gasteiger partial charge is 0.271 e. The molecule has 40 heavy (non-hydrogen) atoms. The number of carbonyl (C=O) groups excluding carboxylic acids is 1. The van der Waals surface area contributed by atoms with Gasteiger partial charge in [0.1, 0.15) is 11.5 Å². The predicted molar refractivity (Wildman–Crippen MR) is 159 cm³/mol. The number of hydrogen-bond donors (Lipinski definition) is 1. The maximum atomic E-state index is 14.0. The molecule has 7 nitrogen and oxygen atoms in total. The van der Waals surface area contributed by atoms with E-state index < -0.39 is 6.04 Å². The molecule has 1 aromatic heterocycles. The molecule has 1 aliphatic rings. The Morgan fingerprint density at radius 2 is 1.75 bits per heavy atom. The number of amides is 1. The average molecular weight is 554 g/mol. The molecule has 0 saturated heterocycles. The molecule has 0 bridgehead atoms. The van der Waals surface area contributed by atoms with Crippen molar-refractivity contribution in [3.63, 3.8) is 0 Å². The van der Waals surface area contributed by atoms with E-state index in [1.165, 1.54) is 11.3 Å². The third kappa shape index (κ3) is 5.62. The summed E-state index contributed by atoms with van der Waals surface area (Å²) in [6.45, 7) is 8.21. The minimum absolute atomic E-state index is 0.0104. The maximum absolute atomic E-state index is 14.0. The molecule has 3 aromatic carbocycles. The summed E-state index contributed by atoms with van der Waals surface area (Å²) in [4.78, 5) is 33.0. The first-order chi connectivity index (χ1) is 19.4. The fraction of sp³-hybridized carbons (Fsp3) is 0.219. The normalized spacial score (nSPS) is 15.0. The number of benzene rings is 3. The van der Waals surface area contributed by atoms with E-state index >= 15 is 0 Å². The Labute approximate surface area is 236 Å². The Morgan fingerprint density at radius 1 is 1.05 bits per heavy atom. The highest BCUT2D eigenvalue weighted by molar-refractivity contribution is 7.07. The Balaban J connectivity index is 1.66. The largest absolute Gasteiger partial charge is 0.494 e. The Hall–Kier alpha value is -4.43. The van der Waals surface area contributed by atoms with Gasteiger partial charge in [-0.05, 0) is 69.7 Å². The Bertz CT molecular complexity index is 1740. The van der Waals surface area contributed by atoms with Crippen LogP contribution in [0.3, 0.4) is 0 Å². The molecule has 4 aromatic rings. The standard InChI is InChI=1S/C32H31N3O4S/c1-5-38-25-17-15-22(16-18-25)29-28(30(36)34-24-12-7-6-8-13-24)21(4)33-32-35(29)31(37)27(40-32)19-23-11-9-10-14-26(23)39-20(2)3/h6-20,29H,5H2,1-4H3,(H,34,36)/b27-19-/t29-/m1/s1. The van der Waals surface area contributed by atoms with Gasteiger partial charge in [-0.25, -0.2) is 4.99 Å². The van der Waals surface area contributed by atoms with Crippen molar-refractivity contribution in [2.24, 2.45) is 4.99 Å². The van der Waals surface area contributed by atoms with Crippen molar-refractivity contribution < 1.29 is 14.3 Å². The van der Waals surface area contributed by atoms with E-state index in [9.17, 15) is 9.59 Å². The second-order valence-corrected chi connectivity index (χ2v) is 10.6. The lowest BCUT2D eigenvalue weighted by atomic mass is 9.95. The number of para-hydroxylation sites is 2. The summed E-state index contributed by atoms with van der Waals surface area (Å²) in [5.74, 6) is 1.11. The zero-order valence-corrected chi connectivity index (χ0v) is 23.7. The number of allylic oxidation sites excluding steroid dienone is 1. The summed E-state index contributed by atoms with van der Waals surface area (Å²) in [5, 5.41) is 2.98. The molecule has 0 aliphatic carbocycles. The SMILES string of the molecule is CCOc1ccc([C@@H]2C(C(=O)Nc3ccccc3)=C(C)N=c3s/c(=C\c4ccccc4OC(C)C)c(=O)n32)cc1. The van der Waals surface area contributed by atoms with Gasteiger partial charge in [-0.2, -0.15) is 0 Å². The van der Waals surface area contributed by atoms with E-state index in [0.717, 1.165) is 16.9 Å². The average Bonchev–Trinajstić information content (AvgIpc) is 3.24. The summed E-state index contributed by atoms with van der Waals surface area (Å²) in [5.41, 5.74) is 3.00. The summed E-state index contributed by atoms with van der Waals surface area (Å²) in [6.07, 6.45) is 1.82. The van der Waals surface area contributed by atoms with Gasteiger partial charge in [0.25, 0.3) is 11.5 Å². The lowest BCUT2D eigenvalue weighted by molar-refractivity contribution is -0.113. The van der Waals surface area contributed by atoms with Gasteiger partial charge in [0, 0.05) is 11.3 Å². The highest BCUT2D eigenvalue weighted by Crippen LogP contribution is 2.32. The van der Waals surface area contributed by atoms with Gasteiger partial charge >= 0.3 is 0 Å². The van der Waals surface area contributed by atoms with E-state index in [4.69, 9.17) is 14.5 Å². The number of aromatic nitrogens is 1. The molecule has 1 N–H and O–H groups in total. The quantitative estimate of drug-likeness (QED) is 0.331. The van der Waals surface area contributed by atoms with Gasteiger partial charge in [-0.3, -0.25) is 14.2 Å². The zero-order chi connectivity index (χ0) is 28.2. The molecule has 8 heteroatoms. The van der Waals surface area contributed by atoms with Crippen molar-refractivity contribution in [1.29, 1.82) is 0 Å². The monoisotopic (exact) mass is 553 g/mol. The number of fused-ring (bicyclic) bond motifs is 1. The van der Waals surface area contributed by atoms with Crippen molar-refractivity contribution in [3.05, 3.63) is 121 Å². The van der Waals surface area contributed by atoms with E-state index in [0.29, 0.717) is 38.6 Å². The van der Waals surface area contributed by atoms with Crippen molar-refractivity contribution in [2.75, 3.05) is 11.9 Å². The molecule has 1 amide bonds. The number of anilines is 1. The predicted octanol–water partition coefficient (Wildman–Crippen LogP) is 5.06. The van der Waals surface area contributed by atoms with E-state index in [1.807, 2.05) is 113 Å². The molecule has 0 unspecified atom stereocenters. The number of ether oxygens (including phenoxy) is 2. The van der Waals surface area contributed by atoms with Gasteiger partial charge in [0.2, 0.25) is 0 Å². The van der Waals surface area contributed by atoms with Crippen LogP contribution in [0.15, 0.2) is 99.9 Å². The molecule has 0 fully saturated rings. The van der Waals surface area contributed by atoms with Crippen LogP contribution in [0.2, 0.25) is 0 Å². The van der Waals surface area contributed by atoms with Crippen LogP contribution in [0.25, 0.3) is 6.08 Å². The van der Waals surface area contributed by atoms with Crippen LogP contribution in [0.5, 0.6) is 11.5 Å². The first-order valence-corrected chi connectivity index (χ1v) is 14.0. The van der Waals surface area contributed by atoms with Gasteiger partial charge in [0.05, 0.1) is 34.6 Å². The molecular weight excluding hydrogens is 522 g/mol. The van der Waals surface area contributed by atoms with Crippen molar-refractivity contribution in [2.45, 2.75) is 39.8 Å². The van der Waals surface area contributed by atoms with E-state index in [2.05, 4.69) is 5.32 Å². The van der Waals surface area contributed by atoms with Crippen molar-refractivity contribution in [1.82, 2.24) is 4.57 Å². The lowest BCUT2D eigenvalue weighted by Gasteiger charge is -2.25. The fourth-order valence-electron chi connectivity index (χ4n) is 4.66. The number of thiazole rings is 1. The first-order valence-electron chi connectivity index (χ1n) is 13.2. The van der Waals surface area contributed by atoms with Crippen LogP contribution >= 0.6 is 11.3 Å². The van der Waals surface area contributed by atoms with E-state index in [-0.39, 0.29) is 17.6 Å². The van der Waals surface area contributed by atoms with Gasteiger partial charge in [-0.15, -0.1) is 0 Å². The van der Waals surface area contributed by atoms with Gasteiger partial charge in [0.15, 0.2) is 4.80 Å². The van der Waals surface area contributed by atoms with Crippen LogP contribution in [-0.4, -0.2) is 23.2 Å². The third-order valence-corrected chi connectivity index (χ3v) is 7.36. The van der Waals surface area contributed by atoms with Gasteiger partial charge < -0.3 is 14.8 Å². The topological polar surface area (TPSA) is 81.9 Å². The molecule has 2 heterocycles. The number of hydrogen-bond acceptors (Lipinski definition) is 6. The summed E-state index contributed by atoms with van der Waals surface area (Å²) < 4.78 is 13.7. The van der Waals surface area contributed by atoms with Crippen LogP contribution < -0.4 is 29.7 Å². The minimum Gasteiger partial charge on any atom is -0.494 e. The first kappa shape index (κ1) is 27.1. The molecule has 0 spiro atoms. The molecular formula is C32H31N3O4S. The Morgan fingerprint density at radius 3 is 2.45 bits per heavy atom. The Kier molecular flexibility index (Phi) is 7.98. The van der Waals surface area contributed by atoms with Gasteiger partial charge in [-0.1, -0.05) is 59.9 Å². The second-order valence-electron chi connectivity index (χ2n) is 9.61. The summed E-state index contributed by atoms with van der Waals surface area (Å²) >= 11 is 1.30. The maximum Gasteiger partial charge on any atom is 0.271 e. The molecule has 204 valence electrons. The molecule has 0 saturated carbocycles. The highest BCUT2D eigenvalue weighted by Gasteiger charge is 2.32. The van der Waals surface area contributed by atoms with Crippen LogP contribution in [0, 0.1) is 0 Å². The third-order valence-electron chi connectivity index (χ3n) is 6.37. The molecule has 5 rings (SSSR count). The second kappa shape index (κ2) is 11.8. The summed E-state index contributed by atoms with van der Waals surface area (Å²) in [7, 11) is 0. The van der Waals surface area contributed by atoms with Crippen molar-refractivity contribution in [3.8, 4) is 11.5 Å².